The first-order valence-electron chi connectivity index (χ1n) is 7.73. The van der Waals surface area contributed by atoms with Crippen molar-refractivity contribution in [3.8, 4) is 0 Å². The number of nitrogens with zero attached hydrogens (tertiary/aromatic N) is 3. The Morgan fingerprint density at radius 2 is 2.04 bits per heavy atom. The van der Waals surface area contributed by atoms with Crippen LogP contribution in [0.2, 0.25) is 0 Å². The summed E-state index contributed by atoms with van der Waals surface area (Å²) in [7, 11) is 0. The van der Waals surface area contributed by atoms with Crippen LogP contribution in [0, 0.1) is 13.7 Å². The molecule has 3 rings (SSSR count). The fourth-order valence-corrected chi connectivity index (χ4v) is 3.06. The SMILES string of the molecule is O=c1c2cc(I)ccc2nc(/C=C/c2cccc([N+](=O)[O-])c2)n1CCO. The van der Waals surface area contributed by atoms with E-state index in [2.05, 4.69) is 27.6 Å². The Morgan fingerprint density at radius 3 is 2.77 bits per heavy atom. The average Bonchev–Trinajstić information content (AvgIpc) is 2.63. The minimum Gasteiger partial charge on any atom is -0.395 e. The molecule has 0 atom stereocenters. The fraction of sp³-hybridized carbons (Fsp3) is 0.111. The maximum Gasteiger partial charge on any atom is 0.270 e. The van der Waals surface area contributed by atoms with E-state index in [1.807, 2.05) is 6.07 Å². The van der Waals surface area contributed by atoms with Crippen molar-refractivity contribution in [2.24, 2.45) is 0 Å². The van der Waals surface area contributed by atoms with Gasteiger partial charge in [0.25, 0.3) is 11.2 Å². The highest BCUT2D eigenvalue weighted by Gasteiger charge is 2.10. The third-order valence-corrected chi connectivity index (χ3v) is 4.45. The van der Waals surface area contributed by atoms with Gasteiger partial charge in [0.2, 0.25) is 0 Å². The molecule has 1 N–H and O–H groups in total. The van der Waals surface area contributed by atoms with Crippen LogP contribution in [0.25, 0.3) is 23.1 Å². The predicted molar refractivity (Wildman–Crippen MR) is 108 cm³/mol. The van der Waals surface area contributed by atoms with Gasteiger partial charge in [0.15, 0.2) is 0 Å². The summed E-state index contributed by atoms with van der Waals surface area (Å²) in [6, 6.07) is 11.6. The molecular formula is C18H14IN3O4. The summed E-state index contributed by atoms with van der Waals surface area (Å²) in [5.74, 6) is 0.379. The second kappa shape index (κ2) is 7.75. The summed E-state index contributed by atoms with van der Waals surface area (Å²) in [6.07, 6.45) is 3.27. The molecule has 0 saturated heterocycles. The molecule has 8 heteroatoms. The van der Waals surface area contributed by atoms with E-state index < -0.39 is 4.92 Å². The van der Waals surface area contributed by atoms with E-state index in [9.17, 15) is 20.0 Å². The highest BCUT2D eigenvalue weighted by Crippen LogP contribution is 2.17. The van der Waals surface area contributed by atoms with E-state index in [1.54, 1.807) is 36.4 Å². The van der Waals surface area contributed by atoms with E-state index in [4.69, 9.17) is 0 Å². The number of hydrogen-bond acceptors (Lipinski definition) is 5. The molecule has 1 heterocycles. The van der Waals surface area contributed by atoms with Crippen LogP contribution < -0.4 is 5.56 Å². The molecule has 0 aliphatic rings. The first-order valence-corrected chi connectivity index (χ1v) is 8.81. The second-order valence-electron chi connectivity index (χ2n) is 5.50. The van der Waals surface area contributed by atoms with Gasteiger partial charge in [0.1, 0.15) is 5.82 Å². The van der Waals surface area contributed by atoms with Crippen molar-refractivity contribution >= 4 is 51.3 Å². The van der Waals surface area contributed by atoms with Gasteiger partial charge in [0, 0.05) is 15.7 Å². The van der Waals surface area contributed by atoms with E-state index in [0.717, 1.165) is 3.57 Å². The van der Waals surface area contributed by atoms with Gasteiger partial charge < -0.3 is 5.11 Å². The van der Waals surface area contributed by atoms with Crippen molar-refractivity contribution in [1.29, 1.82) is 0 Å². The summed E-state index contributed by atoms with van der Waals surface area (Å²) in [5.41, 5.74) is 0.928. The number of hydrogen-bond donors (Lipinski definition) is 1. The molecule has 132 valence electrons. The van der Waals surface area contributed by atoms with Crippen LogP contribution >= 0.6 is 22.6 Å². The lowest BCUT2D eigenvalue weighted by molar-refractivity contribution is -0.384. The minimum absolute atomic E-state index is 0.0130. The Hall–Kier alpha value is -2.59. The molecule has 0 bridgehead atoms. The summed E-state index contributed by atoms with van der Waals surface area (Å²) < 4.78 is 2.32. The molecule has 0 fully saturated rings. The molecule has 0 amide bonds. The van der Waals surface area contributed by atoms with Crippen molar-refractivity contribution in [2.45, 2.75) is 6.54 Å². The second-order valence-corrected chi connectivity index (χ2v) is 6.74. The first kappa shape index (κ1) is 18.2. The minimum atomic E-state index is -0.463. The van der Waals surface area contributed by atoms with E-state index in [-0.39, 0.29) is 24.4 Å². The molecule has 0 saturated carbocycles. The Morgan fingerprint density at radius 1 is 1.23 bits per heavy atom. The van der Waals surface area contributed by atoms with Crippen molar-refractivity contribution in [3.05, 3.63) is 77.9 Å². The number of non-ortho nitro benzene ring substituents is 1. The van der Waals surface area contributed by atoms with E-state index >= 15 is 0 Å². The molecule has 0 unspecified atom stereocenters. The van der Waals surface area contributed by atoms with E-state index in [1.165, 1.54) is 16.7 Å². The molecular weight excluding hydrogens is 449 g/mol. The Bertz CT molecular complexity index is 1080. The number of nitro benzene ring substituents is 1. The van der Waals surface area contributed by atoms with Crippen LogP contribution in [0.15, 0.2) is 47.3 Å². The van der Waals surface area contributed by atoms with E-state index in [0.29, 0.717) is 22.3 Å². The van der Waals surface area contributed by atoms with Crippen molar-refractivity contribution in [1.82, 2.24) is 9.55 Å². The van der Waals surface area contributed by atoms with Gasteiger partial charge in [-0.3, -0.25) is 19.5 Å². The van der Waals surface area contributed by atoms with Gasteiger partial charge in [-0.15, -0.1) is 0 Å². The Balaban J connectivity index is 2.10. The molecule has 0 radical (unpaired) electrons. The molecule has 0 aliphatic carbocycles. The van der Waals surface area contributed by atoms with Gasteiger partial charge in [-0.1, -0.05) is 18.2 Å². The van der Waals surface area contributed by atoms with Gasteiger partial charge >= 0.3 is 0 Å². The summed E-state index contributed by atoms with van der Waals surface area (Å²) in [4.78, 5) is 27.6. The van der Waals surface area contributed by atoms with Gasteiger partial charge in [-0.2, -0.15) is 0 Å². The van der Waals surface area contributed by atoms with Crippen molar-refractivity contribution in [2.75, 3.05) is 6.61 Å². The summed E-state index contributed by atoms with van der Waals surface area (Å²) >= 11 is 2.12. The quantitative estimate of drug-likeness (QED) is 0.356. The predicted octanol–water partition coefficient (Wildman–Crippen LogP) is 3.07. The number of halogens is 1. The third-order valence-electron chi connectivity index (χ3n) is 3.78. The molecule has 2 aromatic carbocycles. The average molecular weight is 463 g/mol. The highest BCUT2D eigenvalue weighted by molar-refractivity contribution is 14.1. The number of fused-ring (bicyclic) bond motifs is 1. The number of rotatable bonds is 5. The molecule has 3 aromatic rings. The summed E-state index contributed by atoms with van der Waals surface area (Å²) in [6.45, 7) is -0.0868. The van der Waals surface area contributed by atoms with Crippen LogP contribution in [0.4, 0.5) is 5.69 Å². The standard InChI is InChI=1S/C18H14IN3O4/c19-13-5-6-16-15(11-13)18(24)21(8-9-23)17(20-16)7-4-12-2-1-3-14(10-12)22(25)26/h1-7,10-11,23H,8-9H2/b7-4+. The zero-order valence-electron chi connectivity index (χ0n) is 13.5. The van der Waals surface area contributed by atoms with Gasteiger partial charge in [0.05, 0.1) is 29.0 Å². The molecule has 0 aliphatic heterocycles. The monoisotopic (exact) mass is 463 g/mol. The lowest BCUT2D eigenvalue weighted by Crippen LogP contribution is -2.25. The first-order chi connectivity index (χ1) is 12.5. The van der Waals surface area contributed by atoms with Crippen molar-refractivity contribution < 1.29 is 10.0 Å². The van der Waals surface area contributed by atoms with Gasteiger partial charge in [-0.25, -0.2) is 4.98 Å². The zero-order valence-corrected chi connectivity index (χ0v) is 15.7. The Kier molecular flexibility index (Phi) is 5.43. The number of benzene rings is 2. The van der Waals surface area contributed by atoms with Crippen LogP contribution in [0.1, 0.15) is 11.4 Å². The number of aliphatic hydroxyl groups is 1. The third kappa shape index (κ3) is 3.81. The summed E-state index contributed by atoms with van der Waals surface area (Å²) in [5, 5.41) is 20.7. The maximum atomic E-state index is 12.7. The molecule has 7 nitrogen and oxygen atoms in total. The maximum absolute atomic E-state index is 12.7. The lowest BCUT2D eigenvalue weighted by atomic mass is 10.2. The van der Waals surface area contributed by atoms with Crippen LogP contribution in [0.5, 0.6) is 0 Å². The smallest absolute Gasteiger partial charge is 0.270 e. The lowest BCUT2D eigenvalue weighted by Gasteiger charge is -2.10. The van der Waals surface area contributed by atoms with Crippen LogP contribution in [-0.4, -0.2) is 26.2 Å². The molecule has 1 aromatic heterocycles. The number of nitro groups is 1. The van der Waals surface area contributed by atoms with Crippen LogP contribution in [-0.2, 0) is 6.54 Å². The van der Waals surface area contributed by atoms with Crippen LogP contribution in [0.3, 0.4) is 0 Å². The molecule has 26 heavy (non-hydrogen) atoms. The largest absolute Gasteiger partial charge is 0.395 e. The topological polar surface area (TPSA) is 98.3 Å². The Labute approximate surface area is 161 Å². The van der Waals surface area contributed by atoms with Gasteiger partial charge in [-0.05, 0) is 52.4 Å². The molecule has 0 spiro atoms. The normalized spacial score (nSPS) is 11.3. The fourth-order valence-electron chi connectivity index (χ4n) is 2.57. The number of aromatic nitrogens is 2. The van der Waals surface area contributed by atoms with Crippen molar-refractivity contribution in [3.63, 3.8) is 0 Å². The number of aliphatic hydroxyl groups excluding tert-OH is 1. The zero-order chi connectivity index (χ0) is 18.7. The highest BCUT2D eigenvalue weighted by atomic mass is 127.